The standard InChI is InChI=1S/C19H29BO4/c1-7-19(6,20-23-17(2,3)18(4,5)24-20)13-16(21)22-14-15-11-9-8-10-12-15/h8-12H,7,13-14H2,1-6H3. The minimum atomic E-state index is -0.420. The van der Waals surface area contributed by atoms with Gasteiger partial charge in [-0.1, -0.05) is 50.6 Å². The van der Waals surface area contributed by atoms with Crippen LogP contribution in [-0.2, 0) is 25.4 Å². The van der Waals surface area contributed by atoms with E-state index in [9.17, 15) is 4.79 Å². The number of benzene rings is 1. The number of carbonyl (C=O) groups excluding carboxylic acids is 1. The molecule has 0 aliphatic carbocycles. The van der Waals surface area contributed by atoms with Crippen molar-refractivity contribution in [3.63, 3.8) is 0 Å². The Morgan fingerprint density at radius 3 is 2.17 bits per heavy atom. The first-order valence-electron chi connectivity index (χ1n) is 8.65. The van der Waals surface area contributed by atoms with E-state index in [1.807, 2.05) is 65.0 Å². The highest BCUT2D eigenvalue weighted by Gasteiger charge is 2.57. The van der Waals surface area contributed by atoms with Gasteiger partial charge >= 0.3 is 13.1 Å². The molecule has 0 aromatic heterocycles. The fourth-order valence-corrected chi connectivity index (χ4v) is 2.62. The van der Waals surface area contributed by atoms with Crippen LogP contribution in [0.25, 0.3) is 0 Å². The average molecular weight is 332 g/mol. The lowest BCUT2D eigenvalue weighted by Crippen LogP contribution is -2.41. The molecule has 0 saturated carbocycles. The molecule has 0 radical (unpaired) electrons. The van der Waals surface area contributed by atoms with Crippen LogP contribution in [0, 0.1) is 0 Å². The summed E-state index contributed by atoms with van der Waals surface area (Å²) in [5.74, 6) is -0.224. The average Bonchev–Trinajstić information content (AvgIpc) is 2.75. The molecule has 0 bridgehead atoms. The van der Waals surface area contributed by atoms with Crippen LogP contribution in [-0.4, -0.2) is 24.3 Å². The van der Waals surface area contributed by atoms with Crippen LogP contribution in [0.3, 0.4) is 0 Å². The number of carbonyl (C=O) groups is 1. The molecule has 1 aliphatic rings. The number of esters is 1. The molecular formula is C19H29BO4. The predicted octanol–water partition coefficient (Wildman–Crippen LogP) is 4.38. The number of ether oxygens (including phenoxy) is 1. The van der Waals surface area contributed by atoms with Crippen molar-refractivity contribution in [1.29, 1.82) is 0 Å². The smallest absolute Gasteiger partial charge is 0.461 e. The molecule has 0 spiro atoms. The molecule has 0 N–H and O–H groups in total. The summed E-state index contributed by atoms with van der Waals surface area (Å²) in [5, 5.41) is -0.418. The van der Waals surface area contributed by atoms with Crippen LogP contribution < -0.4 is 0 Å². The Bertz CT molecular complexity index is 554. The molecular weight excluding hydrogens is 303 g/mol. The van der Waals surface area contributed by atoms with Gasteiger partial charge in [0.15, 0.2) is 0 Å². The van der Waals surface area contributed by atoms with Gasteiger partial charge in [-0.15, -0.1) is 0 Å². The topological polar surface area (TPSA) is 44.8 Å². The fraction of sp³-hybridized carbons (Fsp3) is 0.632. The zero-order valence-electron chi connectivity index (χ0n) is 15.7. The number of hydrogen-bond acceptors (Lipinski definition) is 4. The molecule has 1 fully saturated rings. The molecule has 4 nitrogen and oxygen atoms in total. The first kappa shape index (κ1) is 19.0. The molecule has 0 amide bonds. The molecule has 2 rings (SSSR count). The van der Waals surface area contributed by atoms with Crippen molar-refractivity contribution in [2.45, 2.75) is 77.5 Å². The summed E-state index contributed by atoms with van der Waals surface area (Å²) in [5.41, 5.74) is 0.184. The number of rotatable bonds is 6. The third-order valence-electron chi connectivity index (χ3n) is 5.42. The lowest BCUT2D eigenvalue weighted by atomic mass is 9.55. The van der Waals surface area contributed by atoms with Crippen molar-refractivity contribution in [2.24, 2.45) is 0 Å². The van der Waals surface area contributed by atoms with Crippen molar-refractivity contribution in [3.05, 3.63) is 35.9 Å². The summed E-state index contributed by atoms with van der Waals surface area (Å²) in [6.45, 7) is 12.5. The summed E-state index contributed by atoms with van der Waals surface area (Å²) < 4.78 is 17.7. The highest BCUT2D eigenvalue weighted by molar-refractivity contribution is 6.50. The summed E-state index contributed by atoms with van der Waals surface area (Å²) in [7, 11) is -0.420. The van der Waals surface area contributed by atoms with Crippen molar-refractivity contribution >= 4 is 13.1 Å². The highest BCUT2D eigenvalue weighted by Crippen LogP contribution is 2.48. The van der Waals surface area contributed by atoms with Gasteiger partial charge in [-0.2, -0.15) is 0 Å². The van der Waals surface area contributed by atoms with Gasteiger partial charge in [0.1, 0.15) is 6.61 Å². The summed E-state index contributed by atoms with van der Waals surface area (Å²) in [6, 6.07) is 9.70. The van der Waals surface area contributed by atoms with Crippen LogP contribution in [0.4, 0.5) is 0 Å². The second-order valence-corrected chi connectivity index (χ2v) is 7.92. The molecule has 1 aliphatic heterocycles. The van der Waals surface area contributed by atoms with Gasteiger partial charge in [0.25, 0.3) is 0 Å². The van der Waals surface area contributed by atoms with E-state index in [1.54, 1.807) is 0 Å². The Morgan fingerprint density at radius 1 is 1.12 bits per heavy atom. The fourth-order valence-electron chi connectivity index (χ4n) is 2.62. The minimum Gasteiger partial charge on any atom is -0.461 e. The van der Waals surface area contributed by atoms with E-state index in [-0.39, 0.29) is 12.4 Å². The molecule has 1 unspecified atom stereocenters. The van der Waals surface area contributed by atoms with E-state index in [4.69, 9.17) is 14.0 Å². The van der Waals surface area contributed by atoms with Gasteiger partial charge < -0.3 is 14.0 Å². The first-order valence-corrected chi connectivity index (χ1v) is 8.65. The summed E-state index contributed by atoms with van der Waals surface area (Å²) in [4.78, 5) is 12.3. The summed E-state index contributed by atoms with van der Waals surface area (Å²) >= 11 is 0. The summed E-state index contributed by atoms with van der Waals surface area (Å²) in [6.07, 6.45) is 1.04. The Kier molecular flexibility index (Phi) is 5.45. The van der Waals surface area contributed by atoms with E-state index in [1.165, 1.54) is 0 Å². The zero-order valence-corrected chi connectivity index (χ0v) is 15.7. The molecule has 1 aromatic carbocycles. The van der Waals surface area contributed by atoms with E-state index in [0.29, 0.717) is 6.61 Å². The quantitative estimate of drug-likeness (QED) is 0.573. The molecule has 24 heavy (non-hydrogen) atoms. The largest absolute Gasteiger partial charge is 0.464 e. The van der Waals surface area contributed by atoms with Gasteiger partial charge in [-0.3, -0.25) is 4.79 Å². The highest BCUT2D eigenvalue weighted by atomic mass is 16.7. The van der Waals surface area contributed by atoms with Gasteiger partial charge in [0.2, 0.25) is 0 Å². The molecule has 1 atom stereocenters. The van der Waals surface area contributed by atoms with Crippen LogP contribution in [0.1, 0.15) is 59.9 Å². The van der Waals surface area contributed by atoms with Gasteiger partial charge in [-0.05, 0) is 33.3 Å². The molecule has 132 valence electrons. The Hall–Kier alpha value is -1.33. The normalized spacial score (nSPS) is 21.3. The van der Waals surface area contributed by atoms with Crippen molar-refractivity contribution in [2.75, 3.05) is 0 Å². The second kappa shape index (κ2) is 6.89. The van der Waals surface area contributed by atoms with Gasteiger partial charge in [-0.25, -0.2) is 0 Å². The van der Waals surface area contributed by atoms with Crippen molar-refractivity contribution in [1.82, 2.24) is 0 Å². The Labute approximate surface area is 146 Å². The van der Waals surface area contributed by atoms with E-state index < -0.39 is 23.6 Å². The van der Waals surface area contributed by atoms with Crippen molar-refractivity contribution < 1.29 is 18.8 Å². The van der Waals surface area contributed by atoms with Gasteiger partial charge in [0, 0.05) is 11.7 Å². The lowest BCUT2D eigenvalue weighted by molar-refractivity contribution is -0.146. The Balaban J connectivity index is 1.99. The number of hydrogen-bond donors (Lipinski definition) is 0. The van der Waals surface area contributed by atoms with E-state index >= 15 is 0 Å². The molecule has 1 aromatic rings. The second-order valence-electron chi connectivity index (χ2n) is 7.92. The van der Waals surface area contributed by atoms with Crippen LogP contribution in [0.2, 0.25) is 5.31 Å². The Morgan fingerprint density at radius 2 is 1.67 bits per heavy atom. The molecule has 1 heterocycles. The monoisotopic (exact) mass is 332 g/mol. The van der Waals surface area contributed by atoms with Gasteiger partial charge in [0.05, 0.1) is 11.2 Å². The maximum absolute atomic E-state index is 12.3. The minimum absolute atomic E-state index is 0.224. The lowest BCUT2D eigenvalue weighted by Gasteiger charge is -2.32. The van der Waals surface area contributed by atoms with Crippen LogP contribution >= 0.6 is 0 Å². The molecule has 5 heteroatoms. The SMILES string of the molecule is CCC(C)(CC(=O)OCc1ccccc1)B1OC(C)(C)C(C)(C)O1. The third kappa shape index (κ3) is 4.01. The van der Waals surface area contributed by atoms with Crippen LogP contribution in [0.5, 0.6) is 0 Å². The third-order valence-corrected chi connectivity index (χ3v) is 5.42. The first-order chi connectivity index (χ1) is 11.1. The maximum atomic E-state index is 12.3. The van der Waals surface area contributed by atoms with Crippen LogP contribution in [0.15, 0.2) is 30.3 Å². The maximum Gasteiger partial charge on any atom is 0.464 e. The molecule has 1 saturated heterocycles. The predicted molar refractivity (Wildman–Crippen MR) is 95.6 cm³/mol. The van der Waals surface area contributed by atoms with Crippen molar-refractivity contribution in [3.8, 4) is 0 Å². The van der Waals surface area contributed by atoms with E-state index in [2.05, 4.69) is 6.92 Å². The van der Waals surface area contributed by atoms with E-state index in [0.717, 1.165) is 12.0 Å². The zero-order chi connectivity index (χ0) is 18.0.